The highest BCUT2D eigenvalue weighted by atomic mass is 16.5. The number of rotatable bonds is 7. The van der Waals surface area contributed by atoms with Crippen LogP contribution < -0.4 is 15.4 Å². The Labute approximate surface area is 159 Å². The lowest BCUT2D eigenvalue weighted by Crippen LogP contribution is -2.37. The van der Waals surface area contributed by atoms with Gasteiger partial charge in [0, 0.05) is 32.5 Å². The van der Waals surface area contributed by atoms with Gasteiger partial charge in [0.15, 0.2) is 5.96 Å². The van der Waals surface area contributed by atoms with Gasteiger partial charge in [-0.3, -0.25) is 4.99 Å². The minimum atomic E-state index is 0.710. The van der Waals surface area contributed by atoms with E-state index in [1.54, 1.807) is 20.4 Å². The zero-order chi connectivity index (χ0) is 18.9. The van der Waals surface area contributed by atoms with Crippen LogP contribution in [-0.2, 0) is 13.0 Å². The Hall–Kier alpha value is -3.28. The van der Waals surface area contributed by atoms with E-state index in [2.05, 4.69) is 57.1 Å². The number of hydrogen-bond donors (Lipinski definition) is 2. The molecule has 0 unspecified atom stereocenters. The van der Waals surface area contributed by atoms with Crippen LogP contribution in [0.25, 0.3) is 5.69 Å². The Bertz CT molecular complexity index is 839. The van der Waals surface area contributed by atoms with Crippen LogP contribution in [0.1, 0.15) is 11.1 Å². The van der Waals surface area contributed by atoms with Gasteiger partial charge in [-0.05, 0) is 47.9 Å². The number of aliphatic imine (C=N–C) groups is 1. The lowest BCUT2D eigenvalue weighted by Gasteiger charge is -2.12. The summed E-state index contributed by atoms with van der Waals surface area (Å²) in [4.78, 5) is 4.28. The molecular weight excluding hydrogens is 338 g/mol. The second kappa shape index (κ2) is 9.43. The first-order valence-electron chi connectivity index (χ1n) is 8.95. The number of nitrogens with one attached hydrogen (secondary N) is 2. The van der Waals surface area contributed by atoms with Crippen molar-refractivity contribution in [2.45, 2.75) is 13.0 Å². The number of guanidine groups is 1. The summed E-state index contributed by atoms with van der Waals surface area (Å²) >= 11 is 0. The summed E-state index contributed by atoms with van der Waals surface area (Å²) in [6.07, 6.45) is 4.63. The molecule has 6 nitrogen and oxygen atoms in total. The largest absolute Gasteiger partial charge is 0.497 e. The van der Waals surface area contributed by atoms with Crippen LogP contribution in [0.4, 0.5) is 0 Å². The Morgan fingerprint density at radius 2 is 1.78 bits per heavy atom. The van der Waals surface area contributed by atoms with Gasteiger partial charge in [0.25, 0.3) is 0 Å². The van der Waals surface area contributed by atoms with Crippen molar-refractivity contribution in [3.05, 3.63) is 78.1 Å². The highest BCUT2D eigenvalue weighted by molar-refractivity contribution is 5.79. The molecule has 1 aromatic heterocycles. The van der Waals surface area contributed by atoms with Gasteiger partial charge in [-0.25, -0.2) is 4.68 Å². The lowest BCUT2D eigenvalue weighted by molar-refractivity contribution is 0.414. The van der Waals surface area contributed by atoms with E-state index in [-0.39, 0.29) is 0 Å². The summed E-state index contributed by atoms with van der Waals surface area (Å²) in [6.45, 7) is 1.52. The quantitative estimate of drug-likeness (QED) is 0.500. The van der Waals surface area contributed by atoms with Crippen LogP contribution in [0.15, 0.2) is 72.0 Å². The Morgan fingerprint density at radius 3 is 2.41 bits per heavy atom. The molecule has 0 aliphatic carbocycles. The van der Waals surface area contributed by atoms with E-state index >= 15 is 0 Å². The molecule has 3 rings (SSSR count). The van der Waals surface area contributed by atoms with E-state index in [0.717, 1.165) is 30.4 Å². The fourth-order valence-electron chi connectivity index (χ4n) is 2.71. The van der Waals surface area contributed by atoms with E-state index in [4.69, 9.17) is 4.74 Å². The molecule has 0 amide bonds. The van der Waals surface area contributed by atoms with Crippen molar-refractivity contribution in [2.75, 3.05) is 20.7 Å². The average molecular weight is 363 g/mol. The Kier molecular flexibility index (Phi) is 6.46. The summed E-state index contributed by atoms with van der Waals surface area (Å²) in [5.74, 6) is 1.67. The summed E-state index contributed by atoms with van der Waals surface area (Å²) in [5.41, 5.74) is 3.49. The number of nitrogens with zero attached hydrogens (tertiary/aromatic N) is 3. The lowest BCUT2D eigenvalue weighted by atomic mass is 10.1. The van der Waals surface area contributed by atoms with E-state index in [1.807, 2.05) is 29.1 Å². The number of ether oxygens (including phenoxy) is 1. The highest BCUT2D eigenvalue weighted by Crippen LogP contribution is 2.11. The van der Waals surface area contributed by atoms with Crippen molar-refractivity contribution < 1.29 is 4.74 Å². The molecule has 0 radical (unpaired) electrons. The van der Waals surface area contributed by atoms with Crippen LogP contribution in [-0.4, -0.2) is 36.4 Å². The van der Waals surface area contributed by atoms with Crippen LogP contribution >= 0.6 is 0 Å². The minimum absolute atomic E-state index is 0.710. The normalized spacial score (nSPS) is 11.3. The zero-order valence-electron chi connectivity index (χ0n) is 15.7. The van der Waals surface area contributed by atoms with Gasteiger partial charge in [0.2, 0.25) is 0 Å². The monoisotopic (exact) mass is 363 g/mol. The standard InChI is InChI=1S/C21H25N5O/c1-22-21(23-14-12-17-6-10-20(27-2)11-7-17)24-16-18-4-8-19(9-5-18)26-15-3-13-25-26/h3-11,13,15H,12,14,16H2,1-2H3,(H2,22,23,24). The molecule has 0 atom stereocenters. The topological polar surface area (TPSA) is 63.5 Å². The Balaban J connectivity index is 1.44. The number of benzene rings is 2. The van der Waals surface area contributed by atoms with Gasteiger partial charge >= 0.3 is 0 Å². The summed E-state index contributed by atoms with van der Waals surface area (Å²) in [5, 5.41) is 10.9. The van der Waals surface area contributed by atoms with Gasteiger partial charge in [-0.15, -0.1) is 0 Å². The molecule has 27 heavy (non-hydrogen) atoms. The first-order valence-corrected chi connectivity index (χ1v) is 8.95. The maximum atomic E-state index is 5.18. The van der Waals surface area contributed by atoms with Crippen LogP contribution in [0.2, 0.25) is 0 Å². The van der Waals surface area contributed by atoms with Gasteiger partial charge in [-0.1, -0.05) is 24.3 Å². The predicted octanol–water partition coefficient (Wildman–Crippen LogP) is 2.79. The predicted molar refractivity (Wildman–Crippen MR) is 108 cm³/mol. The van der Waals surface area contributed by atoms with Crippen molar-refractivity contribution in [1.29, 1.82) is 0 Å². The zero-order valence-corrected chi connectivity index (χ0v) is 15.7. The molecule has 0 saturated heterocycles. The maximum Gasteiger partial charge on any atom is 0.191 e. The van der Waals surface area contributed by atoms with Gasteiger partial charge in [0.05, 0.1) is 12.8 Å². The Morgan fingerprint density at radius 1 is 1.04 bits per heavy atom. The highest BCUT2D eigenvalue weighted by Gasteiger charge is 2.01. The van der Waals surface area contributed by atoms with Crippen molar-refractivity contribution in [3.8, 4) is 11.4 Å². The fourth-order valence-corrected chi connectivity index (χ4v) is 2.71. The maximum absolute atomic E-state index is 5.18. The van der Waals surface area contributed by atoms with E-state index in [1.165, 1.54) is 11.1 Å². The molecule has 6 heteroatoms. The first kappa shape index (κ1) is 18.5. The number of hydrogen-bond acceptors (Lipinski definition) is 3. The smallest absolute Gasteiger partial charge is 0.191 e. The van der Waals surface area contributed by atoms with Crippen LogP contribution in [0, 0.1) is 0 Å². The molecule has 2 aromatic carbocycles. The molecule has 3 aromatic rings. The SMILES string of the molecule is CN=C(NCCc1ccc(OC)cc1)NCc1ccc(-n2cccn2)cc1. The van der Waals surface area contributed by atoms with Gasteiger partial charge < -0.3 is 15.4 Å². The molecule has 0 aliphatic heterocycles. The van der Waals surface area contributed by atoms with Crippen molar-refractivity contribution in [2.24, 2.45) is 4.99 Å². The van der Waals surface area contributed by atoms with E-state index in [0.29, 0.717) is 6.54 Å². The van der Waals surface area contributed by atoms with Gasteiger partial charge in [-0.2, -0.15) is 5.10 Å². The summed E-state index contributed by atoms with van der Waals surface area (Å²) in [6, 6.07) is 18.3. The number of aromatic nitrogens is 2. The second-order valence-electron chi connectivity index (χ2n) is 6.07. The average Bonchev–Trinajstić information content (AvgIpc) is 3.26. The third kappa shape index (κ3) is 5.34. The van der Waals surface area contributed by atoms with Crippen LogP contribution in [0.5, 0.6) is 5.75 Å². The third-order valence-corrected chi connectivity index (χ3v) is 4.25. The van der Waals surface area contributed by atoms with Crippen molar-refractivity contribution in [1.82, 2.24) is 20.4 Å². The molecule has 2 N–H and O–H groups in total. The van der Waals surface area contributed by atoms with E-state index < -0.39 is 0 Å². The molecule has 0 aliphatic rings. The first-order chi connectivity index (χ1) is 13.3. The molecule has 140 valence electrons. The molecular formula is C21H25N5O. The van der Waals surface area contributed by atoms with Crippen LogP contribution in [0.3, 0.4) is 0 Å². The molecule has 0 saturated carbocycles. The van der Waals surface area contributed by atoms with E-state index in [9.17, 15) is 0 Å². The third-order valence-electron chi connectivity index (χ3n) is 4.25. The van der Waals surface area contributed by atoms with Crippen molar-refractivity contribution in [3.63, 3.8) is 0 Å². The van der Waals surface area contributed by atoms with Crippen molar-refractivity contribution >= 4 is 5.96 Å². The fraction of sp³-hybridized carbons (Fsp3) is 0.238. The minimum Gasteiger partial charge on any atom is -0.497 e. The summed E-state index contributed by atoms with van der Waals surface area (Å²) < 4.78 is 7.03. The second-order valence-corrected chi connectivity index (χ2v) is 6.07. The summed E-state index contributed by atoms with van der Waals surface area (Å²) in [7, 11) is 3.46. The molecule has 1 heterocycles. The molecule has 0 fully saturated rings. The molecule has 0 bridgehead atoms. The van der Waals surface area contributed by atoms with Gasteiger partial charge in [0.1, 0.15) is 5.75 Å². The molecule has 0 spiro atoms. The number of methoxy groups -OCH3 is 1.